The van der Waals surface area contributed by atoms with Gasteiger partial charge >= 0.3 is 5.97 Å². The molecule has 0 amide bonds. The van der Waals surface area contributed by atoms with E-state index < -0.39 is 38.3 Å². The molecule has 0 radical (unpaired) electrons. The van der Waals surface area contributed by atoms with Crippen molar-refractivity contribution < 1.29 is 27.1 Å². The molecule has 1 saturated carbocycles. The fourth-order valence-electron chi connectivity index (χ4n) is 2.33. The molecular weight excluding hydrogens is 290 g/mol. The van der Waals surface area contributed by atoms with Crippen LogP contribution in [0.5, 0.6) is 0 Å². The second-order valence-corrected chi connectivity index (χ2v) is 7.10. The van der Waals surface area contributed by atoms with Crippen molar-refractivity contribution in [1.82, 2.24) is 0 Å². The van der Waals surface area contributed by atoms with Crippen molar-refractivity contribution in [2.45, 2.75) is 30.1 Å². The van der Waals surface area contributed by atoms with Crippen LogP contribution >= 0.6 is 0 Å². The second kappa shape index (κ2) is 5.12. The van der Waals surface area contributed by atoms with Crippen LogP contribution in [0.3, 0.4) is 0 Å². The summed E-state index contributed by atoms with van der Waals surface area (Å²) < 4.78 is 50.5. The lowest BCUT2D eigenvalue weighted by Crippen LogP contribution is -2.12. The van der Waals surface area contributed by atoms with E-state index in [-0.39, 0.29) is 17.9 Å². The molecule has 1 fully saturated rings. The van der Waals surface area contributed by atoms with Gasteiger partial charge in [-0.25, -0.2) is 17.2 Å². The number of rotatable bonds is 5. The normalized spacial score (nSPS) is 16.9. The Bertz CT molecular complexity index is 651. The van der Waals surface area contributed by atoms with Gasteiger partial charge in [0.2, 0.25) is 0 Å². The summed E-state index contributed by atoms with van der Waals surface area (Å²) in [5.74, 6) is -3.60. The first-order valence-electron chi connectivity index (χ1n) is 6.11. The van der Waals surface area contributed by atoms with Crippen LogP contribution in [0.1, 0.15) is 30.7 Å². The molecule has 0 spiro atoms. The first kappa shape index (κ1) is 14.9. The average molecular weight is 304 g/mol. The number of aliphatic carboxylic acids is 1. The van der Waals surface area contributed by atoms with Crippen molar-refractivity contribution in [1.29, 1.82) is 0 Å². The predicted octanol–water partition coefficient (Wildman–Crippen LogP) is 2.34. The van der Waals surface area contributed by atoms with Gasteiger partial charge in [0, 0.05) is 12.2 Å². The lowest BCUT2D eigenvalue weighted by atomic mass is 9.90. The molecule has 0 aromatic heterocycles. The maximum absolute atomic E-state index is 14.0. The molecule has 1 N–H and O–H groups in total. The van der Waals surface area contributed by atoms with Crippen molar-refractivity contribution >= 4 is 15.8 Å². The van der Waals surface area contributed by atoms with Gasteiger partial charge in [-0.15, -0.1) is 0 Å². The quantitative estimate of drug-likeness (QED) is 0.906. The molecule has 7 heteroatoms. The van der Waals surface area contributed by atoms with E-state index in [0.717, 1.165) is 25.2 Å². The van der Waals surface area contributed by atoms with Crippen LogP contribution < -0.4 is 0 Å². The van der Waals surface area contributed by atoms with E-state index in [4.69, 9.17) is 5.11 Å². The third kappa shape index (κ3) is 3.15. The Balaban J connectivity index is 2.46. The zero-order valence-electron chi connectivity index (χ0n) is 10.8. The molecule has 0 heterocycles. The highest BCUT2D eigenvalue weighted by molar-refractivity contribution is 7.90. The first-order valence-corrected chi connectivity index (χ1v) is 8.00. The minimum Gasteiger partial charge on any atom is -0.481 e. The fraction of sp³-hybridized carbons (Fsp3) is 0.462. The first-order chi connectivity index (χ1) is 9.20. The largest absolute Gasteiger partial charge is 0.481 e. The average Bonchev–Trinajstić information content (AvgIpc) is 3.11. The Kier molecular flexibility index (Phi) is 3.82. The van der Waals surface area contributed by atoms with Crippen molar-refractivity contribution in [2.75, 3.05) is 6.26 Å². The zero-order valence-corrected chi connectivity index (χ0v) is 11.6. The van der Waals surface area contributed by atoms with Gasteiger partial charge in [-0.05, 0) is 36.5 Å². The maximum atomic E-state index is 14.0. The number of hydrogen-bond donors (Lipinski definition) is 1. The van der Waals surface area contributed by atoms with Crippen LogP contribution in [0.25, 0.3) is 0 Å². The summed E-state index contributed by atoms with van der Waals surface area (Å²) in [5, 5.41) is 8.85. The van der Waals surface area contributed by atoms with Crippen LogP contribution in [0, 0.1) is 17.6 Å². The molecule has 0 bridgehead atoms. The Morgan fingerprint density at radius 3 is 2.40 bits per heavy atom. The summed E-state index contributed by atoms with van der Waals surface area (Å²) in [6, 6.07) is 1.45. The number of sulfone groups is 1. The van der Waals surface area contributed by atoms with Gasteiger partial charge in [-0.3, -0.25) is 4.79 Å². The summed E-state index contributed by atoms with van der Waals surface area (Å²) in [6.07, 6.45) is 2.04. The number of carbonyl (C=O) groups is 1. The summed E-state index contributed by atoms with van der Waals surface area (Å²) >= 11 is 0. The van der Waals surface area contributed by atoms with Gasteiger partial charge in [0.15, 0.2) is 9.84 Å². The number of carboxylic acids is 1. The van der Waals surface area contributed by atoms with E-state index in [2.05, 4.69) is 0 Å². The fourth-order valence-corrected chi connectivity index (χ4v) is 3.06. The van der Waals surface area contributed by atoms with Crippen LogP contribution in [0.15, 0.2) is 17.0 Å². The molecule has 1 aliphatic carbocycles. The Hall–Kier alpha value is -1.50. The number of benzene rings is 1. The van der Waals surface area contributed by atoms with Gasteiger partial charge in [-0.2, -0.15) is 0 Å². The number of hydrogen-bond acceptors (Lipinski definition) is 3. The van der Waals surface area contributed by atoms with E-state index in [0.29, 0.717) is 6.07 Å². The second-order valence-electron chi connectivity index (χ2n) is 5.12. The molecular formula is C13H14F2O4S. The lowest BCUT2D eigenvalue weighted by molar-refractivity contribution is -0.137. The van der Waals surface area contributed by atoms with Crippen molar-refractivity contribution in [2.24, 2.45) is 5.92 Å². The summed E-state index contributed by atoms with van der Waals surface area (Å²) in [6.45, 7) is 0. The van der Waals surface area contributed by atoms with Crippen LogP contribution in [-0.2, 0) is 14.6 Å². The summed E-state index contributed by atoms with van der Waals surface area (Å²) in [5.41, 5.74) is -0.0557. The molecule has 1 unspecified atom stereocenters. The molecule has 1 atom stereocenters. The smallest absolute Gasteiger partial charge is 0.303 e. The third-order valence-electron chi connectivity index (χ3n) is 3.44. The Labute approximate surface area is 115 Å². The molecule has 4 nitrogen and oxygen atoms in total. The molecule has 1 aromatic carbocycles. The standard InChI is InChI=1S/C13H14F2O4S/c1-20(18,19)12-6-10(14)9(4-11(12)15)8(5-13(16)17)7-2-3-7/h4,6-8H,2-3,5H2,1H3,(H,16,17). The SMILES string of the molecule is CS(=O)(=O)c1cc(F)c(C(CC(=O)O)C2CC2)cc1F. The maximum Gasteiger partial charge on any atom is 0.303 e. The monoisotopic (exact) mass is 304 g/mol. The van der Waals surface area contributed by atoms with Crippen molar-refractivity contribution in [3.05, 3.63) is 29.3 Å². The summed E-state index contributed by atoms with van der Waals surface area (Å²) in [7, 11) is -3.86. The minimum atomic E-state index is -3.86. The highest BCUT2D eigenvalue weighted by Crippen LogP contribution is 2.45. The van der Waals surface area contributed by atoms with Gasteiger partial charge in [0.05, 0.1) is 6.42 Å². The number of carboxylic acid groups (broad SMARTS) is 1. The van der Waals surface area contributed by atoms with Crippen molar-refractivity contribution in [3.8, 4) is 0 Å². The van der Waals surface area contributed by atoms with Crippen LogP contribution in [0.4, 0.5) is 8.78 Å². The lowest BCUT2D eigenvalue weighted by Gasteiger charge is -2.16. The van der Waals surface area contributed by atoms with Gasteiger partial charge in [-0.1, -0.05) is 0 Å². The van der Waals surface area contributed by atoms with Crippen LogP contribution in [-0.4, -0.2) is 25.7 Å². The van der Waals surface area contributed by atoms with Gasteiger partial charge < -0.3 is 5.11 Å². The molecule has 1 aromatic rings. The third-order valence-corrected chi connectivity index (χ3v) is 4.55. The molecule has 110 valence electrons. The Morgan fingerprint density at radius 2 is 1.95 bits per heavy atom. The highest BCUT2D eigenvalue weighted by atomic mass is 32.2. The number of halogens is 2. The van der Waals surface area contributed by atoms with Crippen molar-refractivity contribution in [3.63, 3.8) is 0 Å². The highest BCUT2D eigenvalue weighted by Gasteiger charge is 2.36. The minimum absolute atomic E-state index is 0.0177. The van der Waals surface area contributed by atoms with E-state index >= 15 is 0 Å². The van der Waals surface area contributed by atoms with Gasteiger partial charge in [0.25, 0.3) is 0 Å². The zero-order chi connectivity index (χ0) is 15.1. The molecule has 0 aliphatic heterocycles. The Morgan fingerprint density at radius 1 is 1.35 bits per heavy atom. The van der Waals surface area contributed by atoms with E-state index in [1.807, 2.05) is 0 Å². The molecule has 0 saturated heterocycles. The molecule has 1 aliphatic rings. The topological polar surface area (TPSA) is 71.4 Å². The van der Waals surface area contributed by atoms with E-state index in [9.17, 15) is 22.0 Å². The van der Waals surface area contributed by atoms with Crippen LogP contribution in [0.2, 0.25) is 0 Å². The molecule has 2 rings (SSSR count). The summed E-state index contributed by atoms with van der Waals surface area (Å²) in [4.78, 5) is 10.1. The van der Waals surface area contributed by atoms with E-state index in [1.54, 1.807) is 0 Å². The van der Waals surface area contributed by atoms with E-state index in [1.165, 1.54) is 0 Å². The predicted molar refractivity (Wildman–Crippen MR) is 67.2 cm³/mol. The molecule has 20 heavy (non-hydrogen) atoms. The van der Waals surface area contributed by atoms with Gasteiger partial charge in [0.1, 0.15) is 16.5 Å².